The van der Waals surface area contributed by atoms with Gasteiger partial charge in [0.2, 0.25) is 4.58 Å². The molecule has 0 aliphatic carbocycles. The largest absolute Gasteiger partial charge is 0.465 e. The normalized spacial score (nSPS) is 14.1. The Morgan fingerprint density at radius 2 is 2.00 bits per heavy atom. The predicted octanol–water partition coefficient (Wildman–Crippen LogP) is 2.19. The molecule has 0 N–H and O–H groups in total. The molecule has 80 valence electrons. The zero-order valence-electron chi connectivity index (χ0n) is 7.87. The van der Waals surface area contributed by atoms with Crippen molar-refractivity contribution >= 4 is 28.2 Å². The van der Waals surface area contributed by atoms with Gasteiger partial charge in [0.05, 0.1) is 12.7 Å². The van der Waals surface area contributed by atoms with Crippen LogP contribution < -0.4 is 0 Å². The van der Waals surface area contributed by atoms with Crippen LogP contribution in [-0.4, -0.2) is 19.4 Å². The maximum Gasteiger partial charge on any atom is 0.337 e. The number of alkyl halides is 2. The summed E-state index contributed by atoms with van der Waals surface area (Å²) in [5.74, 6) is -0.508. The maximum absolute atomic E-state index is 13.4. The zero-order chi connectivity index (χ0) is 11.5. The van der Waals surface area contributed by atoms with Crippen LogP contribution in [0.25, 0.3) is 0 Å². The van der Waals surface area contributed by atoms with Crippen molar-refractivity contribution < 1.29 is 18.7 Å². The van der Waals surface area contributed by atoms with Gasteiger partial charge in [0.25, 0.3) is 0 Å². The molecular formula is C10H8BrFO3. The first kappa shape index (κ1) is 11.8. The van der Waals surface area contributed by atoms with Crippen LogP contribution in [0.4, 0.5) is 4.39 Å². The Morgan fingerprint density at radius 1 is 1.47 bits per heavy atom. The number of aldehydes is 1. The Bertz CT molecular complexity index is 373. The van der Waals surface area contributed by atoms with E-state index in [2.05, 4.69) is 20.7 Å². The highest BCUT2D eigenvalue weighted by Crippen LogP contribution is 2.30. The summed E-state index contributed by atoms with van der Waals surface area (Å²) >= 11 is 2.62. The molecule has 0 fully saturated rings. The molecule has 0 saturated heterocycles. The number of halogens is 2. The first-order chi connectivity index (χ1) is 7.01. The van der Waals surface area contributed by atoms with Gasteiger partial charge in [-0.05, 0) is 28.1 Å². The quantitative estimate of drug-likeness (QED) is 0.482. The summed E-state index contributed by atoms with van der Waals surface area (Å²) in [6.07, 6.45) is 0.139. The van der Waals surface area contributed by atoms with Crippen molar-refractivity contribution in [2.75, 3.05) is 7.11 Å². The molecule has 0 heterocycles. The van der Waals surface area contributed by atoms with E-state index in [-0.39, 0.29) is 11.8 Å². The van der Waals surface area contributed by atoms with E-state index in [0.717, 1.165) is 0 Å². The summed E-state index contributed by atoms with van der Waals surface area (Å²) in [5.41, 5.74) is 0.431. The minimum atomic E-state index is -2.21. The lowest BCUT2D eigenvalue weighted by Gasteiger charge is -2.10. The number of carbonyl (C=O) groups is 2. The molecule has 1 aromatic rings. The fourth-order valence-electron chi connectivity index (χ4n) is 1.01. The van der Waals surface area contributed by atoms with Crippen LogP contribution in [0, 0.1) is 0 Å². The van der Waals surface area contributed by atoms with Crippen LogP contribution in [0.3, 0.4) is 0 Å². The molecule has 0 aromatic heterocycles. The molecule has 0 radical (unpaired) electrons. The highest BCUT2D eigenvalue weighted by atomic mass is 79.9. The number of benzene rings is 1. The highest BCUT2D eigenvalue weighted by molar-refractivity contribution is 9.10. The fraction of sp³-hybridized carbons (Fsp3) is 0.200. The molecule has 0 amide bonds. The van der Waals surface area contributed by atoms with Gasteiger partial charge in [-0.3, -0.25) is 4.79 Å². The molecule has 1 unspecified atom stereocenters. The van der Waals surface area contributed by atoms with Crippen LogP contribution >= 0.6 is 15.9 Å². The minimum Gasteiger partial charge on any atom is -0.465 e. The lowest BCUT2D eigenvalue weighted by atomic mass is 10.1. The first-order valence-electron chi connectivity index (χ1n) is 4.04. The molecule has 15 heavy (non-hydrogen) atoms. The third-order valence-corrected chi connectivity index (χ3v) is 2.48. The molecule has 1 aromatic carbocycles. The second-order valence-electron chi connectivity index (χ2n) is 2.81. The SMILES string of the molecule is COC(=O)c1ccc(C(F)(Br)C=O)cc1. The van der Waals surface area contributed by atoms with Crippen molar-refractivity contribution in [3.05, 3.63) is 35.4 Å². The second-order valence-corrected chi connectivity index (χ2v) is 3.96. The lowest BCUT2D eigenvalue weighted by Crippen LogP contribution is -2.12. The molecule has 0 saturated carbocycles. The lowest BCUT2D eigenvalue weighted by molar-refractivity contribution is -0.113. The third kappa shape index (κ3) is 2.62. The molecule has 3 nitrogen and oxygen atoms in total. The average Bonchev–Trinajstić information content (AvgIpc) is 2.28. The van der Waals surface area contributed by atoms with E-state index >= 15 is 0 Å². The fourth-order valence-corrected chi connectivity index (χ4v) is 1.28. The van der Waals surface area contributed by atoms with E-state index in [1.54, 1.807) is 0 Å². The number of methoxy groups -OCH3 is 1. The molecule has 0 aliphatic rings. The van der Waals surface area contributed by atoms with Gasteiger partial charge in [0.1, 0.15) is 0 Å². The van der Waals surface area contributed by atoms with Gasteiger partial charge < -0.3 is 4.74 Å². The van der Waals surface area contributed by atoms with E-state index in [0.29, 0.717) is 5.56 Å². The van der Waals surface area contributed by atoms with Gasteiger partial charge in [-0.2, -0.15) is 0 Å². The summed E-state index contributed by atoms with van der Waals surface area (Å²) < 4.78 is 15.7. The standard InChI is InChI=1S/C10H8BrFO3/c1-15-9(14)7-2-4-8(5-3-7)10(11,12)6-13/h2-6H,1H3. The Morgan fingerprint density at radius 3 is 2.40 bits per heavy atom. The highest BCUT2D eigenvalue weighted by Gasteiger charge is 2.27. The topological polar surface area (TPSA) is 43.4 Å². The van der Waals surface area contributed by atoms with E-state index in [4.69, 9.17) is 0 Å². The average molecular weight is 275 g/mol. The molecule has 0 aliphatic heterocycles. The number of carbonyl (C=O) groups excluding carboxylic acids is 2. The zero-order valence-corrected chi connectivity index (χ0v) is 9.45. The van der Waals surface area contributed by atoms with Crippen LogP contribution in [0.5, 0.6) is 0 Å². The van der Waals surface area contributed by atoms with E-state index in [1.165, 1.54) is 31.4 Å². The summed E-state index contributed by atoms with van der Waals surface area (Å²) in [5, 5.41) is 0. The Balaban J connectivity index is 3.00. The minimum absolute atomic E-state index is 0.130. The third-order valence-electron chi connectivity index (χ3n) is 1.84. The van der Waals surface area contributed by atoms with Gasteiger partial charge in [0, 0.05) is 5.56 Å². The number of esters is 1. The first-order valence-corrected chi connectivity index (χ1v) is 4.83. The molecule has 5 heteroatoms. The number of hydrogen-bond donors (Lipinski definition) is 0. The van der Waals surface area contributed by atoms with Gasteiger partial charge in [-0.1, -0.05) is 12.1 Å². The summed E-state index contributed by atoms with van der Waals surface area (Å²) in [7, 11) is 1.26. The number of hydrogen-bond acceptors (Lipinski definition) is 3. The Labute approximate surface area is 94.4 Å². The van der Waals surface area contributed by atoms with Crippen molar-refractivity contribution in [1.82, 2.24) is 0 Å². The molecular weight excluding hydrogens is 267 g/mol. The van der Waals surface area contributed by atoms with Gasteiger partial charge in [-0.15, -0.1) is 0 Å². The van der Waals surface area contributed by atoms with E-state index < -0.39 is 10.5 Å². The van der Waals surface area contributed by atoms with Crippen LogP contribution in [0.1, 0.15) is 15.9 Å². The number of rotatable bonds is 3. The van der Waals surface area contributed by atoms with E-state index in [9.17, 15) is 14.0 Å². The summed E-state index contributed by atoms with van der Waals surface area (Å²) in [6.45, 7) is 0. The summed E-state index contributed by atoms with van der Waals surface area (Å²) in [4.78, 5) is 21.4. The van der Waals surface area contributed by atoms with Gasteiger partial charge >= 0.3 is 5.97 Å². The Kier molecular flexibility index (Phi) is 3.57. The molecule has 1 atom stereocenters. The monoisotopic (exact) mass is 274 g/mol. The van der Waals surface area contributed by atoms with Crippen LogP contribution in [0.2, 0.25) is 0 Å². The second kappa shape index (κ2) is 4.53. The van der Waals surface area contributed by atoms with E-state index in [1.807, 2.05) is 0 Å². The van der Waals surface area contributed by atoms with Crippen molar-refractivity contribution in [2.45, 2.75) is 4.58 Å². The van der Waals surface area contributed by atoms with Gasteiger partial charge in [0.15, 0.2) is 6.29 Å². The van der Waals surface area contributed by atoms with Crippen molar-refractivity contribution in [3.8, 4) is 0 Å². The predicted molar refractivity (Wildman–Crippen MR) is 55.6 cm³/mol. The summed E-state index contributed by atoms with van der Waals surface area (Å²) in [6, 6.07) is 5.46. The molecule has 0 spiro atoms. The smallest absolute Gasteiger partial charge is 0.337 e. The van der Waals surface area contributed by atoms with Crippen molar-refractivity contribution in [1.29, 1.82) is 0 Å². The molecule has 1 rings (SSSR count). The van der Waals surface area contributed by atoms with Crippen LogP contribution in [-0.2, 0) is 14.1 Å². The van der Waals surface area contributed by atoms with Crippen molar-refractivity contribution in [3.63, 3.8) is 0 Å². The number of ether oxygens (including phenoxy) is 1. The van der Waals surface area contributed by atoms with Crippen molar-refractivity contribution in [2.24, 2.45) is 0 Å². The van der Waals surface area contributed by atoms with Crippen LogP contribution in [0.15, 0.2) is 24.3 Å². The maximum atomic E-state index is 13.4. The molecule has 0 bridgehead atoms. The van der Waals surface area contributed by atoms with Gasteiger partial charge in [-0.25, -0.2) is 9.18 Å². The Hall–Kier alpha value is -1.23.